The molecule has 3 rings (SSSR count). The largest absolute Gasteiger partial charge is 0.381 e. The first-order valence-electron chi connectivity index (χ1n) is 9.11. The van der Waals surface area contributed by atoms with Crippen molar-refractivity contribution in [1.82, 2.24) is 15.5 Å². The van der Waals surface area contributed by atoms with Crippen molar-refractivity contribution in [3.05, 3.63) is 41.5 Å². The molecule has 1 N–H and O–H groups in total. The Kier molecular flexibility index (Phi) is 6.56. The molecule has 26 heavy (non-hydrogen) atoms. The van der Waals surface area contributed by atoms with Gasteiger partial charge in [0.25, 0.3) is 0 Å². The van der Waals surface area contributed by atoms with E-state index in [-0.39, 0.29) is 12.0 Å². The van der Waals surface area contributed by atoms with E-state index >= 15 is 0 Å². The van der Waals surface area contributed by atoms with Gasteiger partial charge in [-0.05, 0) is 36.5 Å². The number of nitrogens with one attached hydrogen (secondary N) is 1. The maximum absolute atomic E-state index is 11.5. The number of aromatic nitrogens is 2. The van der Waals surface area contributed by atoms with E-state index < -0.39 is 10.8 Å². The van der Waals surface area contributed by atoms with E-state index in [1.54, 1.807) is 6.26 Å². The monoisotopic (exact) mass is 377 g/mol. The van der Waals surface area contributed by atoms with Crippen molar-refractivity contribution in [2.75, 3.05) is 19.5 Å². The van der Waals surface area contributed by atoms with E-state index in [9.17, 15) is 4.21 Å². The molecule has 1 saturated heterocycles. The molecule has 2 atom stereocenters. The van der Waals surface area contributed by atoms with Gasteiger partial charge >= 0.3 is 0 Å². The van der Waals surface area contributed by atoms with Crippen LogP contribution in [-0.2, 0) is 22.1 Å². The summed E-state index contributed by atoms with van der Waals surface area (Å²) in [5, 5.41) is 7.72. The van der Waals surface area contributed by atoms with Gasteiger partial charge in [0.15, 0.2) is 5.82 Å². The molecule has 1 aromatic carbocycles. The summed E-state index contributed by atoms with van der Waals surface area (Å²) in [5.74, 6) is 2.05. The topological polar surface area (TPSA) is 77.2 Å². The van der Waals surface area contributed by atoms with Gasteiger partial charge in [-0.1, -0.05) is 31.1 Å². The molecule has 0 amide bonds. The predicted octanol–water partition coefficient (Wildman–Crippen LogP) is 3.19. The van der Waals surface area contributed by atoms with Crippen LogP contribution >= 0.6 is 0 Å². The van der Waals surface area contributed by atoms with Crippen molar-refractivity contribution < 1.29 is 13.5 Å². The Morgan fingerprint density at radius 1 is 1.23 bits per heavy atom. The van der Waals surface area contributed by atoms with Crippen LogP contribution in [0.2, 0.25) is 0 Å². The van der Waals surface area contributed by atoms with Crippen molar-refractivity contribution in [3.63, 3.8) is 0 Å². The molecule has 142 valence electrons. The molecular formula is C19H27N3O3S. The normalized spacial score (nSPS) is 18.2. The Bertz CT molecular complexity index is 724. The Labute approximate surface area is 157 Å². The second kappa shape index (κ2) is 8.88. The lowest BCUT2D eigenvalue weighted by Gasteiger charge is -2.28. The molecule has 2 aromatic rings. The van der Waals surface area contributed by atoms with E-state index in [1.807, 2.05) is 24.3 Å². The first kappa shape index (κ1) is 19.2. The Morgan fingerprint density at radius 3 is 2.50 bits per heavy atom. The quantitative estimate of drug-likeness (QED) is 0.798. The number of hydrogen-bond donors (Lipinski definition) is 1. The highest BCUT2D eigenvalue weighted by Crippen LogP contribution is 2.30. The summed E-state index contributed by atoms with van der Waals surface area (Å²) in [6.07, 6.45) is 3.64. The third kappa shape index (κ3) is 4.78. The molecule has 0 saturated carbocycles. The van der Waals surface area contributed by atoms with Gasteiger partial charge in [-0.25, -0.2) is 0 Å². The molecule has 1 aromatic heterocycles. The molecule has 0 bridgehead atoms. The molecule has 6 nitrogen and oxygen atoms in total. The molecule has 1 fully saturated rings. The Morgan fingerprint density at radius 2 is 1.92 bits per heavy atom. The maximum Gasteiger partial charge on any atom is 0.244 e. The van der Waals surface area contributed by atoms with Gasteiger partial charge in [-0.3, -0.25) is 4.21 Å². The second-order valence-electron chi connectivity index (χ2n) is 7.05. The highest BCUT2D eigenvalue weighted by Gasteiger charge is 2.30. The lowest BCUT2D eigenvalue weighted by molar-refractivity contribution is 0.0485. The summed E-state index contributed by atoms with van der Waals surface area (Å²) in [6.45, 7) is 6.35. The summed E-state index contributed by atoms with van der Waals surface area (Å²) in [4.78, 5) is 5.45. The molecule has 2 heterocycles. The number of rotatable bonds is 7. The molecule has 7 heteroatoms. The van der Waals surface area contributed by atoms with Gasteiger partial charge in [0, 0.05) is 47.6 Å². The van der Waals surface area contributed by atoms with Gasteiger partial charge < -0.3 is 14.6 Å². The smallest absolute Gasteiger partial charge is 0.244 e. The third-order valence-electron chi connectivity index (χ3n) is 4.76. The standard InChI is InChI=1S/C19H27N3O3S/c1-13(2)18-21-19(25-22-18)17(15-8-10-24-11-9-15)20-12-14-4-6-16(7-5-14)26(3)23/h4-7,13,15,17,20H,8-12H2,1-3H3/t17-,26+/m1/s1. The van der Waals surface area contributed by atoms with Crippen LogP contribution in [0.15, 0.2) is 33.7 Å². The SMILES string of the molecule is CC(C)c1noc([C@H](NCc2ccc([S@](C)=O)cc2)C2CCOCC2)n1. The van der Waals surface area contributed by atoms with Crippen LogP contribution < -0.4 is 5.32 Å². The second-order valence-corrected chi connectivity index (χ2v) is 8.43. The van der Waals surface area contributed by atoms with E-state index in [1.165, 1.54) is 0 Å². The molecule has 1 aliphatic rings. The van der Waals surface area contributed by atoms with Crippen molar-refractivity contribution in [2.24, 2.45) is 5.92 Å². The van der Waals surface area contributed by atoms with Crippen LogP contribution in [0.5, 0.6) is 0 Å². The minimum atomic E-state index is -0.953. The summed E-state index contributed by atoms with van der Waals surface area (Å²) in [6, 6.07) is 7.87. The zero-order chi connectivity index (χ0) is 18.5. The fourth-order valence-corrected chi connectivity index (χ4v) is 3.66. The lowest BCUT2D eigenvalue weighted by atomic mass is 9.91. The minimum absolute atomic E-state index is 0.0129. The highest BCUT2D eigenvalue weighted by molar-refractivity contribution is 7.84. The number of hydrogen-bond acceptors (Lipinski definition) is 6. The summed E-state index contributed by atoms with van der Waals surface area (Å²) in [7, 11) is -0.953. The van der Waals surface area contributed by atoms with E-state index in [2.05, 4.69) is 29.3 Å². The van der Waals surface area contributed by atoms with Crippen LogP contribution in [0.3, 0.4) is 0 Å². The Hall–Kier alpha value is -1.57. The lowest BCUT2D eigenvalue weighted by Crippen LogP contribution is -2.32. The van der Waals surface area contributed by atoms with E-state index in [4.69, 9.17) is 9.26 Å². The maximum atomic E-state index is 11.5. The summed E-state index contributed by atoms with van der Waals surface area (Å²) in [5.41, 5.74) is 1.14. The Balaban J connectivity index is 1.73. The zero-order valence-corrected chi connectivity index (χ0v) is 16.4. The number of benzene rings is 1. The first-order chi connectivity index (χ1) is 12.5. The minimum Gasteiger partial charge on any atom is -0.381 e. The number of nitrogens with zero attached hydrogens (tertiary/aromatic N) is 2. The van der Waals surface area contributed by atoms with Crippen LogP contribution in [0, 0.1) is 5.92 Å². The molecular weight excluding hydrogens is 350 g/mol. The average molecular weight is 378 g/mol. The first-order valence-corrected chi connectivity index (χ1v) is 10.7. The van der Waals surface area contributed by atoms with Gasteiger partial charge in [0.2, 0.25) is 5.89 Å². The van der Waals surface area contributed by atoms with E-state index in [0.29, 0.717) is 18.4 Å². The van der Waals surface area contributed by atoms with Gasteiger partial charge in [-0.15, -0.1) is 0 Å². The van der Waals surface area contributed by atoms with Crippen molar-refractivity contribution in [3.8, 4) is 0 Å². The van der Waals surface area contributed by atoms with E-state index in [0.717, 1.165) is 42.3 Å². The average Bonchev–Trinajstić information content (AvgIpc) is 3.13. The van der Waals surface area contributed by atoms with Crippen molar-refractivity contribution in [2.45, 2.75) is 50.1 Å². The fraction of sp³-hybridized carbons (Fsp3) is 0.579. The van der Waals surface area contributed by atoms with Crippen LogP contribution in [0.25, 0.3) is 0 Å². The molecule has 0 aliphatic carbocycles. The third-order valence-corrected chi connectivity index (χ3v) is 5.69. The van der Waals surface area contributed by atoms with Crippen LogP contribution in [0.4, 0.5) is 0 Å². The highest BCUT2D eigenvalue weighted by atomic mass is 32.2. The van der Waals surface area contributed by atoms with Crippen molar-refractivity contribution >= 4 is 10.8 Å². The van der Waals surface area contributed by atoms with Gasteiger partial charge in [0.1, 0.15) is 0 Å². The molecule has 0 radical (unpaired) electrons. The fourth-order valence-electron chi connectivity index (χ4n) is 3.14. The predicted molar refractivity (Wildman–Crippen MR) is 100 cm³/mol. The van der Waals surface area contributed by atoms with Gasteiger partial charge in [0.05, 0.1) is 6.04 Å². The molecule has 0 unspecified atom stereocenters. The summed E-state index contributed by atoms with van der Waals surface area (Å²) < 4.78 is 22.6. The molecule has 1 aliphatic heterocycles. The van der Waals surface area contributed by atoms with Crippen LogP contribution in [-0.4, -0.2) is 33.8 Å². The van der Waals surface area contributed by atoms with Gasteiger partial charge in [-0.2, -0.15) is 4.98 Å². The number of ether oxygens (including phenoxy) is 1. The zero-order valence-electron chi connectivity index (χ0n) is 15.6. The van der Waals surface area contributed by atoms with Crippen LogP contribution in [0.1, 0.15) is 55.9 Å². The van der Waals surface area contributed by atoms with Crippen molar-refractivity contribution in [1.29, 1.82) is 0 Å². The summed E-state index contributed by atoms with van der Waals surface area (Å²) >= 11 is 0. The molecule has 0 spiro atoms.